The molecule has 11 unspecified atom stereocenters. The number of rotatable bonds is 13. The van der Waals surface area contributed by atoms with E-state index in [4.69, 9.17) is 9.47 Å². The number of benzene rings is 1. The Morgan fingerprint density at radius 1 is 0.939 bits per heavy atom. The van der Waals surface area contributed by atoms with Crippen LogP contribution in [0.5, 0.6) is 0 Å². The average Bonchev–Trinajstić information content (AvgIpc) is 3.57. The fourth-order valence-corrected chi connectivity index (χ4v) is 16.5. The van der Waals surface area contributed by atoms with E-state index in [9.17, 15) is 19.8 Å². The van der Waals surface area contributed by atoms with Gasteiger partial charge < -0.3 is 34.6 Å². The van der Waals surface area contributed by atoms with Crippen LogP contribution in [0.4, 0.5) is 0 Å². The number of fused-ring (bicyclic) bond motifs is 6. The van der Waals surface area contributed by atoms with Crippen molar-refractivity contribution < 1.29 is 29.3 Å². The summed E-state index contributed by atoms with van der Waals surface area (Å²) >= 11 is 0. The maximum atomic E-state index is 15.0. The van der Waals surface area contributed by atoms with Gasteiger partial charge in [-0.1, -0.05) is 72.1 Å². The van der Waals surface area contributed by atoms with Crippen LogP contribution in [0.3, 0.4) is 0 Å². The van der Waals surface area contributed by atoms with Crippen molar-refractivity contribution in [1.82, 2.24) is 14.9 Å². The Kier molecular flexibility index (Phi) is 12.1. The lowest BCUT2D eigenvalue weighted by atomic mass is 9.34. The number of nitrogens with one attached hydrogen (secondary N) is 2. The molecule has 4 saturated carbocycles. The summed E-state index contributed by atoms with van der Waals surface area (Å²) < 4.78 is 14.1. The number of hydrogen-bond donors (Lipinski definition) is 4. The van der Waals surface area contributed by atoms with E-state index in [0.717, 1.165) is 86.9 Å². The minimum Gasteiger partial charge on any atom is -0.392 e. The van der Waals surface area contributed by atoms with Gasteiger partial charge in [0.25, 0.3) is 0 Å². The molecule has 0 spiro atoms. The van der Waals surface area contributed by atoms with Crippen molar-refractivity contribution in [3.8, 4) is 0 Å². The number of carbonyl (C=O) groups is 2. The monoisotopic (exact) mass is 904 g/mol. The quantitative estimate of drug-likeness (QED) is 0.126. The van der Waals surface area contributed by atoms with E-state index in [1.807, 2.05) is 20.9 Å². The van der Waals surface area contributed by atoms with Crippen LogP contribution in [0.25, 0.3) is 11.0 Å². The number of epoxide rings is 1. The number of nitrogens with zero attached hydrogens (tertiary/aromatic N) is 1. The molecule has 360 valence electrons. The SMILES string of the molecule is CNCCC1(C)C(=O)CCC2(C)C1CCC1(C)C2C(O)C(Cn2cc(Cc3cc(C4CCCCC4)cc(C4CCOCC4)c3)c3[nH]ccc32)C2=C(C(C)CC(O)C3OC3(C)C)C(=O)CC21C. The fourth-order valence-electron chi connectivity index (χ4n) is 16.5. The smallest absolute Gasteiger partial charge is 0.160 e. The highest BCUT2D eigenvalue weighted by atomic mass is 16.6. The molecule has 7 aliphatic rings. The lowest BCUT2D eigenvalue weighted by Gasteiger charge is -2.70. The van der Waals surface area contributed by atoms with Crippen molar-refractivity contribution in [2.45, 2.75) is 187 Å². The van der Waals surface area contributed by atoms with Gasteiger partial charge >= 0.3 is 0 Å². The summed E-state index contributed by atoms with van der Waals surface area (Å²) in [6, 6.07) is 9.71. The minimum atomic E-state index is -0.731. The maximum absolute atomic E-state index is 15.0. The summed E-state index contributed by atoms with van der Waals surface area (Å²) in [7, 11) is 1.97. The number of aromatic amines is 1. The lowest BCUT2D eigenvalue weighted by Crippen LogP contribution is -2.68. The summed E-state index contributed by atoms with van der Waals surface area (Å²) in [6.45, 7) is 18.5. The third kappa shape index (κ3) is 7.49. The van der Waals surface area contributed by atoms with Gasteiger partial charge in [0.15, 0.2) is 5.78 Å². The second-order valence-corrected chi connectivity index (χ2v) is 24.3. The van der Waals surface area contributed by atoms with Crippen molar-refractivity contribution in [2.24, 2.45) is 45.3 Å². The third-order valence-electron chi connectivity index (χ3n) is 20.2. The number of ether oxygens (including phenoxy) is 2. The molecule has 66 heavy (non-hydrogen) atoms. The Morgan fingerprint density at radius 2 is 1.64 bits per heavy atom. The van der Waals surface area contributed by atoms with E-state index in [2.05, 4.69) is 86.1 Å². The largest absolute Gasteiger partial charge is 0.392 e. The molecule has 2 saturated heterocycles. The molecule has 9 nitrogen and oxygen atoms in total. The number of aromatic nitrogens is 2. The number of hydrogen-bond acceptors (Lipinski definition) is 7. The van der Waals surface area contributed by atoms with Crippen LogP contribution in [0.2, 0.25) is 0 Å². The van der Waals surface area contributed by atoms with Crippen LogP contribution >= 0.6 is 0 Å². The van der Waals surface area contributed by atoms with Gasteiger partial charge in [0.05, 0.1) is 28.8 Å². The summed E-state index contributed by atoms with van der Waals surface area (Å²) in [5.74, 6) is 1.19. The van der Waals surface area contributed by atoms with E-state index in [1.165, 1.54) is 54.4 Å². The minimum absolute atomic E-state index is 0.110. The zero-order valence-corrected chi connectivity index (χ0v) is 41.6. The molecular formula is C57H81N3O6. The first-order valence-electron chi connectivity index (χ1n) is 26.3. The molecule has 6 fully saturated rings. The van der Waals surface area contributed by atoms with E-state index in [1.54, 1.807) is 0 Å². The molecule has 4 N–H and O–H groups in total. The molecule has 3 aromatic rings. The lowest BCUT2D eigenvalue weighted by molar-refractivity contribution is -0.222. The van der Waals surface area contributed by atoms with E-state index in [-0.39, 0.29) is 52.0 Å². The molecule has 1 aromatic carbocycles. The van der Waals surface area contributed by atoms with Crippen molar-refractivity contribution >= 4 is 22.6 Å². The van der Waals surface area contributed by atoms with Crippen LogP contribution in [0.1, 0.15) is 172 Å². The number of aliphatic hydroxyl groups is 2. The Hall–Kier alpha value is -3.08. The Bertz CT molecular complexity index is 2330. The summed E-state index contributed by atoms with van der Waals surface area (Å²) in [5, 5.41) is 28.5. The van der Waals surface area contributed by atoms with Gasteiger partial charge in [-0.05, 0) is 165 Å². The molecule has 0 radical (unpaired) electrons. The van der Waals surface area contributed by atoms with E-state index < -0.39 is 23.0 Å². The molecular weight excluding hydrogens is 823 g/mol. The first kappa shape index (κ1) is 46.6. The number of Topliss-reactive ketones (excluding diaryl/α,β-unsaturated/α-hetero) is 2. The molecule has 10 rings (SSSR count). The van der Waals surface area contributed by atoms with Crippen molar-refractivity contribution in [3.63, 3.8) is 0 Å². The molecule has 2 aliphatic heterocycles. The van der Waals surface area contributed by atoms with Gasteiger partial charge in [0, 0.05) is 68.2 Å². The summed E-state index contributed by atoms with van der Waals surface area (Å²) in [6.07, 6.45) is 16.9. The highest BCUT2D eigenvalue weighted by Gasteiger charge is 2.72. The molecule has 0 bridgehead atoms. The van der Waals surface area contributed by atoms with Crippen LogP contribution < -0.4 is 5.32 Å². The molecule has 2 aromatic heterocycles. The molecule has 0 amide bonds. The number of allylic oxidation sites excluding steroid dienone is 1. The predicted molar refractivity (Wildman–Crippen MR) is 260 cm³/mol. The van der Waals surface area contributed by atoms with Gasteiger partial charge in [-0.25, -0.2) is 0 Å². The van der Waals surface area contributed by atoms with Crippen molar-refractivity contribution in [3.05, 3.63) is 70.1 Å². The van der Waals surface area contributed by atoms with Crippen molar-refractivity contribution in [1.29, 1.82) is 0 Å². The Balaban J connectivity index is 1.06. The van der Waals surface area contributed by atoms with Crippen molar-refractivity contribution in [2.75, 3.05) is 26.8 Å². The summed E-state index contributed by atoms with van der Waals surface area (Å²) in [5.41, 5.74) is 7.81. The maximum Gasteiger partial charge on any atom is 0.160 e. The third-order valence-corrected chi connectivity index (χ3v) is 20.2. The van der Waals surface area contributed by atoms with Gasteiger partial charge in [0.1, 0.15) is 11.9 Å². The average molecular weight is 904 g/mol. The fraction of sp³-hybridized carbons (Fsp3) is 0.719. The molecule has 11 atom stereocenters. The predicted octanol–water partition coefficient (Wildman–Crippen LogP) is 10.4. The number of aliphatic hydroxyl groups excluding tert-OH is 2. The zero-order chi connectivity index (χ0) is 46.6. The van der Waals surface area contributed by atoms with Gasteiger partial charge in [-0.3, -0.25) is 9.59 Å². The zero-order valence-electron chi connectivity index (χ0n) is 41.6. The Labute approximate surface area is 394 Å². The first-order chi connectivity index (χ1) is 31.4. The van der Waals surface area contributed by atoms with E-state index in [0.29, 0.717) is 43.4 Å². The van der Waals surface area contributed by atoms with Crippen LogP contribution in [0, 0.1) is 45.3 Å². The molecule has 5 aliphatic carbocycles. The second kappa shape index (κ2) is 17.1. The summed E-state index contributed by atoms with van der Waals surface area (Å²) in [4.78, 5) is 32.7. The topological polar surface area (TPSA) is 129 Å². The Morgan fingerprint density at radius 3 is 2.32 bits per heavy atom. The van der Waals surface area contributed by atoms with Crippen LogP contribution in [-0.4, -0.2) is 82.0 Å². The van der Waals surface area contributed by atoms with Gasteiger partial charge in [0.2, 0.25) is 0 Å². The van der Waals surface area contributed by atoms with Crippen LogP contribution in [-0.2, 0) is 32.0 Å². The normalized spacial score (nSPS) is 36.9. The van der Waals surface area contributed by atoms with Gasteiger partial charge in [-0.15, -0.1) is 0 Å². The first-order valence-corrected chi connectivity index (χ1v) is 26.3. The molecule has 9 heteroatoms. The highest BCUT2D eigenvalue weighted by Crippen LogP contribution is 2.75. The highest BCUT2D eigenvalue weighted by molar-refractivity contribution is 6.01. The second-order valence-electron chi connectivity index (χ2n) is 24.3. The number of H-pyrrole nitrogens is 1. The number of carbonyl (C=O) groups excluding carboxylic acids is 2. The van der Waals surface area contributed by atoms with Gasteiger partial charge in [-0.2, -0.15) is 0 Å². The van der Waals surface area contributed by atoms with E-state index >= 15 is 0 Å². The van der Waals surface area contributed by atoms with Crippen LogP contribution in [0.15, 0.2) is 47.8 Å². The number of ketones is 2. The standard InChI is InChI=1S/C57H81N3O6/c1-34(26-43(61)52-53(2,3)66-52)47-44(62)31-57(7)48(47)41(50(64)51-55(5)19-15-46(63)54(4,21-23-58-8)45(55)14-20-56(51,57)6)33-60-32-40(49-42(60)16-22-59-49)29-35-27-38(36-12-10-9-11-13-36)30-39(28-35)37-17-24-65-25-18-37/h16,22,27-28,30,32,34,36-37,41,43,45,50-52,58-59,61,64H,9-15,17-21,23-26,29,31,33H2,1-8H3. The molecule has 4 heterocycles.